The Balaban J connectivity index is 2.03. The quantitative estimate of drug-likeness (QED) is 0.633. The molecule has 0 heterocycles. The Morgan fingerprint density at radius 1 is 1.33 bits per heavy atom. The molecule has 2 rings (SSSR count). The van der Waals surface area contributed by atoms with Crippen molar-refractivity contribution in [3.63, 3.8) is 0 Å². The van der Waals surface area contributed by atoms with Crippen LogP contribution in [0.3, 0.4) is 0 Å². The molecule has 0 spiro atoms. The van der Waals surface area contributed by atoms with Gasteiger partial charge in [-0.3, -0.25) is 5.41 Å². The molecule has 1 fully saturated rings. The summed E-state index contributed by atoms with van der Waals surface area (Å²) in [5, 5.41) is 7.57. The first-order valence-electron chi connectivity index (χ1n) is 6.74. The van der Waals surface area contributed by atoms with Gasteiger partial charge in [0, 0.05) is 0 Å². The van der Waals surface area contributed by atoms with Gasteiger partial charge in [-0.15, -0.1) is 0 Å². The summed E-state index contributed by atoms with van der Waals surface area (Å²) in [5.74, 6) is 1.50. The van der Waals surface area contributed by atoms with Gasteiger partial charge in [0.05, 0.1) is 12.2 Å². The topological polar surface area (TPSA) is 59.1 Å². The second kappa shape index (κ2) is 5.89. The average Bonchev–Trinajstić information content (AvgIpc) is 2.37. The molecule has 1 aliphatic carbocycles. The van der Waals surface area contributed by atoms with E-state index in [2.05, 4.69) is 0 Å². The highest BCUT2D eigenvalue weighted by Gasteiger charge is 2.15. The van der Waals surface area contributed by atoms with Crippen LogP contribution in [-0.4, -0.2) is 12.4 Å². The summed E-state index contributed by atoms with van der Waals surface area (Å²) in [7, 11) is 0. The van der Waals surface area contributed by atoms with Crippen LogP contribution >= 0.6 is 0 Å². The number of aryl methyl sites for hydroxylation is 1. The van der Waals surface area contributed by atoms with E-state index in [0.717, 1.165) is 17.9 Å². The van der Waals surface area contributed by atoms with Gasteiger partial charge >= 0.3 is 0 Å². The smallest absolute Gasteiger partial charge is 0.130 e. The van der Waals surface area contributed by atoms with Gasteiger partial charge in [-0.25, -0.2) is 0 Å². The number of nitrogens with two attached hydrogens (primary N) is 1. The zero-order chi connectivity index (χ0) is 13.0. The van der Waals surface area contributed by atoms with E-state index in [9.17, 15) is 0 Å². The third kappa shape index (κ3) is 3.25. The molecule has 0 bridgehead atoms. The number of benzene rings is 1. The number of nitrogen functional groups attached to an aromatic ring is 1. The van der Waals surface area contributed by atoms with Crippen molar-refractivity contribution in [1.29, 1.82) is 5.41 Å². The van der Waals surface area contributed by atoms with Crippen molar-refractivity contribution in [2.75, 3.05) is 6.61 Å². The minimum Gasteiger partial charge on any atom is -0.493 e. The average molecular weight is 246 g/mol. The number of ether oxygens (including phenoxy) is 1. The lowest BCUT2D eigenvalue weighted by atomic mass is 9.90. The number of hydrogen-bond acceptors (Lipinski definition) is 2. The van der Waals surface area contributed by atoms with Gasteiger partial charge in [0.15, 0.2) is 0 Å². The first kappa shape index (κ1) is 12.9. The van der Waals surface area contributed by atoms with E-state index in [1.165, 1.54) is 32.1 Å². The summed E-state index contributed by atoms with van der Waals surface area (Å²) in [6.45, 7) is 2.78. The van der Waals surface area contributed by atoms with Crippen molar-refractivity contribution in [2.24, 2.45) is 11.7 Å². The van der Waals surface area contributed by atoms with Crippen LogP contribution in [-0.2, 0) is 0 Å². The van der Waals surface area contributed by atoms with E-state index in [0.29, 0.717) is 11.5 Å². The number of rotatable bonds is 4. The molecule has 0 aliphatic heterocycles. The molecule has 1 aliphatic rings. The zero-order valence-corrected chi connectivity index (χ0v) is 11.0. The lowest BCUT2D eigenvalue weighted by molar-refractivity contribution is 0.208. The fourth-order valence-corrected chi connectivity index (χ4v) is 2.53. The monoisotopic (exact) mass is 246 g/mol. The molecule has 0 amide bonds. The predicted molar refractivity (Wildman–Crippen MR) is 74.3 cm³/mol. The van der Waals surface area contributed by atoms with Crippen LogP contribution in [0.5, 0.6) is 5.75 Å². The van der Waals surface area contributed by atoms with Crippen molar-refractivity contribution in [1.82, 2.24) is 0 Å². The van der Waals surface area contributed by atoms with Crippen LogP contribution in [0.15, 0.2) is 18.2 Å². The maximum absolute atomic E-state index is 7.57. The highest BCUT2D eigenvalue weighted by molar-refractivity contribution is 5.97. The highest BCUT2D eigenvalue weighted by Crippen LogP contribution is 2.26. The fourth-order valence-electron chi connectivity index (χ4n) is 2.53. The summed E-state index contributed by atoms with van der Waals surface area (Å²) in [5.41, 5.74) is 7.42. The molecule has 1 saturated carbocycles. The molecule has 0 aromatic heterocycles. The molecular weight excluding hydrogens is 224 g/mol. The van der Waals surface area contributed by atoms with Crippen LogP contribution in [0, 0.1) is 18.3 Å². The number of amidine groups is 1. The summed E-state index contributed by atoms with van der Waals surface area (Å²) >= 11 is 0. The minimum atomic E-state index is 0.0774. The predicted octanol–water partition coefficient (Wildman–Crippen LogP) is 3.24. The van der Waals surface area contributed by atoms with Crippen molar-refractivity contribution in [3.05, 3.63) is 29.3 Å². The lowest BCUT2D eigenvalue weighted by Crippen LogP contribution is -2.18. The normalized spacial score (nSPS) is 16.5. The molecule has 0 atom stereocenters. The summed E-state index contributed by atoms with van der Waals surface area (Å²) < 4.78 is 5.90. The Bertz CT molecular complexity index is 423. The molecule has 3 N–H and O–H groups in total. The second-order valence-corrected chi connectivity index (χ2v) is 5.23. The van der Waals surface area contributed by atoms with E-state index in [1.54, 1.807) is 0 Å². The van der Waals surface area contributed by atoms with E-state index in [4.69, 9.17) is 15.9 Å². The van der Waals surface area contributed by atoms with Crippen LogP contribution in [0.4, 0.5) is 0 Å². The summed E-state index contributed by atoms with van der Waals surface area (Å²) in [4.78, 5) is 0. The molecule has 0 saturated heterocycles. The Labute approximate surface area is 109 Å². The summed E-state index contributed by atoms with van der Waals surface area (Å²) in [6, 6.07) is 5.80. The molecule has 0 radical (unpaired) electrons. The Kier molecular flexibility index (Phi) is 4.24. The van der Waals surface area contributed by atoms with Gasteiger partial charge in [0.1, 0.15) is 11.6 Å². The van der Waals surface area contributed by atoms with Crippen LogP contribution < -0.4 is 10.5 Å². The molecule has 3 nitrogen and oxygen atoms in total. The highest BCUT2D eigenvalue weighted by atomic mass is 16.5. The first-order chi connectivity index (χ1) is 8.66. The number of hydrogen-bond donors (Lipinski definition) is 2. The molecule has 0 unspecified atom stereocenters. The van der Waals surface area contributed by atoms with E-state index in [-0.39, 0.29) is 5.84 Å². The third-order valence-corrected chi connectivity index (χ3v) is 3.63. The molecule has 3 heteroatoms. The van der Waals surface area contributed by atoms with E-state index in [1.807, 2.05) is 25.1 Å². The second-order valence-electron chi connectivity index (χ2n) is 5.23. The SMILES string of the molecule is Cc1ccc(C(=N)N)c(OCC2CCCCC2)c1. The van der Waals surface area contributed by atoms with E-state index >= 15 is 0 Å². The van der Waals surface area contributed by atoms with Gasteiger partial charge in [-0.2, -0.15) is 0 Å². The molecule has 18 heavy (non-hydrogen) atoms. The van der Waals surface area contributed by atoms with Gasteiger partial charge < -0.3 is 10.5 Å². The zero-order valence-electron chi connectivity index (χ0n) is 11.0. The standard InChI is InChI=1S/C15H22N2O/c1-11-7-8-13(15(16)17)14(9-11)18-10-12-5-3-2-4-6-12/h7-9,12H,2-6,10H2,1H3,(H3,16,17). The molecule has 1 aromatic rings. The Hall–Kier alpha value is -1.51. The van der Waals surface area contributed by atoms with Crippen molar-refractivity contribution in [2.45, 2.75) is 39.0 Å². The number of nitrogens with one attached hydrogen (secondary N) is 1. The van der Waals surface area contributed by atoms with Gasteiger partial charge in [0.25, 0.3) is 0 Å². The van der Waals surface area contributed by atoms with E-state index < -0.39 is 0 Å². The van der Waals surface area contributed by atoms with Gasteiger partial charge in [-0.05, 0) is 43.4 Å². The van der Waals surface area contributed by atoms with Crippen LogP contribution in [0.1, 0.15) is 43.2 Å². The lowest BCUT2D eigenvalue weighted by Gasteiger charge is -2.22. The Morgan fingerprint density at radius 3 is 2.72 bits per heavy atom. The van der Waals surface area contributed by atoms with Crippen LogP contribution in [0.25, 0.3) is 0 Å². The molecule has 1 aromatic carbocycles. The molecule has 98 valence electrons. The third-order valence-electron chi connectivity index (χ3n) is 3.63. The van der Waals surface area contributed by atoms with Crippen molar-refractivity contribution < 1.29 is 4.74 Å². The summed E-state index contributed by atoms with van der Waals surface area (Å²) in [6.07, 6.45) is 6.53. The maximum Gasteiger partial charge on any atom is 0.130 e. The largest absolute Gasteiger partial charge is 0.493 e. The van der Waals surface area contributed by atoms with Crippen molar-refractivity contribution in [3.8, 4) is 5.75 Å². The van der Waals surface area contributed by atoms with Gasteiger partial charge in [0.2, 0.25) is 0 Å². The Morgan fingerprint density at radius 2 is 2.06 bits per heavy atom. The van der Waals surface area contributed by atoms with Gasteiger partial charge in [-0.1, -0.05) is 25.3 Å². The first-order valence-corrected chi connectivity index (χ1v) is 6.74. The maximum atomic E-state index is 7.57. The van der Waals surface area contributed by atoms with Crippen LogP contribution in [0.2, 0.25) is 0 Å². The van der Waals surface area contributed by atoms with Crippen molar-refractivity contribution >= 4 is 5.84 Å². The molecular formula is C15H22N2O. The minimum absolute atomic E-state index is 0.0774. The fraction of sp³-hybridized carbons (Fsp3) is 0.533.